The number of nitrogens with zero attached hydrogens (tertiary/aromatic N) is 2. The van der Waals surface area contributed by atoms with Crippen molar-refractivity contribution in [3.63, 3.8) is 0 Å². The molecule has 1 aromatic rings. The largest absolute Gasteiger partial charge is 0.370 e. The number of aryl methyl sites for hydroxylation is 1. The summed E-state index contributed by atoms with van der Waals surface area (Å²) >= 11 is 1.87. The Morgan fingerprint density at radius 3 is 2.94 bits per heavy atom. The highest BCUT2D eigenvalue weighted by Crippen LogP contribution is 2.09. The van der Waals surface area contributed by atoms with Crippen molar-refractivity contribution in [3.05, 3.63) is 23.4 Å². The summed E-state index contributed by atoms with van der Waals surface area (Å²) in [6.07, 6.45) is 4.47. The highest BCUT2D eigenvalue weighted by Gasteiger charge is 2.00. The third-order valence-corrected chi connectivity index (χ3v) is 2.98. The van der Waals surface area contributed by atoms with Gasteiger partial charge in [-0.2, -0.15) is 17.0 Å². The lowest BCUT2D eigenvalue weighted by molar-refractivity contribution is 0.839. The van der Waals surface area contributed by atoms with Gasteiger partial charge >= 0.3 is 0 Å². The maximum Gasteiger partial charge on any atom is 0.145 e. The molecule has 0 saturated heterocycles. The standard InChI is InChI=1S/C12H17N3S/c1-10-5-6-12(15-11(10)9-13)14-7-3-4-8-16-2/h5-6H,3-4,7-8H2,1-2H3,(H,14,15). The second-order valence-electron chi connectivity index (χ2n) is 3.60. The van der Waals surface area contributed by atoms with Gasteiger partial charge in [-0.15, -0.1) is 0 Å². The normalized spacial score (nSPS) is 9.81. The molecule has 0 unspecified atom stereocenters. The molecule has 0 aliphatic heterocycles. The van der Waals surface area contributed by atoms with Gasteiger partial charge in [-0.3, -0.25) is 0 Å². The molecule has 0 aliphatic carbocycles. The number of thioether (sulfide) groups is 1. The molecule has 1 rings (SSSR count). The molecule has 0 aromatic carbocycles. The quantitative estimate of drug-likeness (QED) is 0.770. The van der Waals surface area contributed by atoms with Gasteiger partial charge in [-0.1, -0.05) is 6.07 Å². The molecule has 1 N–H and O–H groups in total. The maximum absolute atomic E-state index is 8.84. The summed E-state index contributed by atoms with van der Waals surface area (Å²) in [5.74, 6) is 2.00. The van der Waals surface area contributed by atoms with Crippen molar-refractivity contribution in [2.75, 3.05) is 23.9 Å². The summed E-state index contributed by atoms with van der Waals surface area (Å²) in [6, 6.07) is 5.94. The van der Waals surface area contributed by atoms with Crippen LogP contribution in [0.3, 0.4) is 0 Å². The second kappa shape index (κ2) is 7.13. The van der Waals surface area contributed by atoms with Gasteiger partial charge in [0.05, 0.1) is 0 Å². The summed E-state index contributed by atoms with van der Waals surface area (Å²) in [5, 5.41) is 12.1. The number of aromatic nitrogens is 1. The summed E-state index contributed by atoms with van der Waals surface area (Å²) < 4.78 is 0. The average Bonchev–Trinajstić information content (AvgIpc) is 2.31. The lowest BCUT2D eigenvalue weighted by Crippen LogP contribution is -2.04. The molecule has 0 atom stereocenters. The zero-order chi connectivity index (χ0) is 11.8. The fourth-order valence-corrected chi connectivity index (χ4v) is 1.82. The van der Waals surface area contributed by atoms with Crippen molar-refractivity contribution in [3.8, 4) is 6.07 Å². The Morgan fingerprint density at radius 1 is 1.44 bits per heavy atom. The zero-order valence-corrected chi connectivity index (χ0v) is 10.6. The minimum absolute atomic E-state index is 0.508. The minimum Gasteiger partial charge on any atom is -0.370 e. The molecular formula is C12H17N3S. The molecule has 86 valence electrons. The maximum atomic E-state index is 8.84. The number of rotatable bonds is 6. The van der Waals surface area contributed by atoms with Crippen LogP contribution in [-0.4, -0.2) is 23.5 Å². The number of hydrogen-bond acceptors (Lipinski definition) is 4. The molecule has 1 heterocycles. The van der Waals surface area contributed by atoms with Crippen molar-refractivity contribution >= 4 is 17.6 Å². The van der Waals surface area contributed by atoms with Crippen LogP contribution in [0, 0.1) is 18.3 Å². The Morgan fingerprint density at radius 2 is 2.25 bits per heavy atom. The van der Waals surface area contributed by atoms with Crippen LogP contribution >= 0.6 is 11.8 Å². The number of nitrogens with one attached hydrogen (secondary N) is 1. The fourth-order valence-electron chi connectivity index (χ4n) is 1.33. The van der Waals surface area contributed by atoms with Crippen LogP contribution in [-0.2, 0) is 0 Å². The summed E-state index contributed by atoms with van der Waals surface area (Å²) in [4.78, 5) is 4.23. The molecule has 3 nitrogen and oxygen atoms in total. The van der Waals surface area contributed by atoms with Gasteiger partial charge < -0.3 is 5.32 Å². The van der Waals surface area contributed by atoms with Gasteiger partial charge in [0.15, 0.2) is 0 Å². The Bertz CT molecular complexity index is 371. The van der Waals surface area contributed by atoms with Crippen molar-refractivity contribution in [1.82, 2.24) is 4.98 Å². The van der Waals surface area contributed by atoms with Crippen LogP contribution in [0.5, 0.6) is 0 Å². The third kappa shape index (κ3) is 4.11. The number of pyridine rings is 1. The first kappa shape index (κ1) is 12.9. The molecule has 4 heteroatoms. The monoisotopic (exact) mass is 235 g/mol. The summed E-state index contributed by atoms with van der Waals surface area (Å²) in [5.41, 5.74) is 1.43. The van der Waals surface area contributed by atoms with E-state index >= 15 is 0 Å². The fraction of sp³-hybridized carbons (Fsp3) is 0.500. The highest BCUT2D eigenvalue weighted by molar-refractivity contribution is 7.98. The lowest BCUT2D eigenvalue weighted by Gasteiger charge is -2.06. The van der Waals surface area contributed by atoms with Gasteiger partial charge in [-0.05, 0) is 43.4 Å². The molecule has 16 heavy (non-hydrogen) atoms. The van der Waals surface area contributed by atoms with Crippen molar-refractivity contribution in [2.45, 2.75) is 19.8 Å². The molecule has 1 aromatic heterocycles. The molecule has 0 spiro atoms. The first-order chi connectivity index (χ1) is 7.77. The van der Waals surface area contributed by atoms with E-state index in [0.29, 0.717) is 5.69 Å². The van der Waals surface area contributed by atoms with Crippen molar-refractivity contribution in [1.29, 1.82) is 5.26 Å². The van der Waals surface area contributed by atoms with E-state index in [2.05, 4.69) is 22.6 Å². The first-order valence-corrected chi connectivity index (χ1v) is 6.78. The van der Waals surface area contributed by atoms with E-state index < -0.39 is 0 Å². The summed E-state index contributed by atoms with van der Waals surface area (Å²) in [7, 11) is 0. The molecular weight excluding hydrogens is 218 g/mol. The number of anilines is 1. The molecule has 0 radical (unpaired) electrons. The predicted molar refractivity (Wildman–Crippen MR) is 69.8 cm³/mol. The molecule has 0 aliphatic rings. The Balaban J connectivity index is 2.40. The zero-order valence-electron chi connectivity index (χ0n) is 9.79. The van der Waals surface area contributed by atoms with E-state index in [4.69, 9.17) is 5.26 Å². The summed E-state index contributed by atoms with van der Waals surface area (Å²) in [6.45, 7) is 2.81. The first-order valence-electron chi connectivity index (χ1n) is 5.38. The van der Waals surface area contributed by atoms with Gasteiger partial charge in [0, 0.05) is 6.54 Å². The van der Waals surface area contributed by atoms with Crippen LogP contribution in [0.2, 0.25) is 0 Å². The number of unbranched alkanes of at least 4 members (excludes halogenated alkanes) is 1. The van der Waals surface area contributed by atoms with E-state index in [1.54, 1.807) is 0 Å². The van der Waals surface area contributed by atoms with E-state index in [0.717, 1.165) is 24.3 Å². The Hall–Kier alpha value is -1.21. The van der Waals surface area contributed by atoms with Gasteiger partial charge in [0.25, 0.3) is 0 Å². The minimum atomic E-state index is 0.508. The predicted octanol–water partition coefficient (Wildman–Crippen LogP) is 2.82. The van der Waals surface area contributed by atoms with E-state index in [-0.39, 0.29) is 0 Å². The lowest BCUT2D eigenvalue weighted by atomic mass is 10.2. The Kier molecular flexibility index (Phi) is 5.73. The van der Waals surface area contributed by atoms with Crippen LogP contribution in [0.4, 0.5) is 5.82 Å². The molecule has 0 bridgehead atoms. The SMILES string of the molecule is CSCCCCNc1ccc(C)c(C#N)n1. The topological polar surface area (TPSA) is 48.7 Å². The van der Waals surface area contributed by atoms with Gasteiger partial charge in [0.1, 0.15) is 17.6 Å². The van der Waals surface area contributed by atoms with Crippen LogP contribution in [0.1, 0.15) is 24.1 Å². The van der Waals surface area contributed by atoms with Crippen LogP contribution in [0.15, 0.2) is 12.1 Å². The van der Waals surface area contributed by atoms with Crippen molar-refractivity contribution < 1.29 is 0 Å². The number of nitriles is 1. The molecule has 0 amide bonds. The van der Waals surface area contributed by atoms with E-state index in [1.165, 1.54) is 12.2 Å². The number of hydrogen-bond donors (Lipinski definition) is 1. The molecule has 0 saturated carbocycles. The third-order valence-electron chi connectivity index (χ3n) is 2.28. The van der Waals surface area contributed by atoms with Crippen molar-refractivity contribution in [2.24, 2.45) is 0 Å². The highest BCUT2D eigenvalue weighted by atomic mass is 32.2. The Labute approximate surface area is 101 Å². The van der Waals surface area contributed by atoms with Gasteiger partial charge in [-0.25, -0.2) is 4.98 Å². The smallest absolute Gasteiger partial charge is 0.145 e. The molecule has 0 fully saturated rings. The van der Waals surface area contributed by atoms with E-state index in [1.807, 2.05) is 30.8 Å². The van der Waals surface area contributed by atoms with E-state index in [9.17, 15) is 0 Å². The van der Waals surface area contributed by atoms with Gasteiger partial charge in [0.2, 0.25) is 0 Å². The second-order valence-corrected chi connectivity index (χ2v) is 4.59. The average molecular weight is 235 g/mol. The van der Waals surface area contributed by atoms with Crippen LogP contribution in [0.25, 0.3) is 0 Å². The van der Waals surface area contributed by atoms with Crippen LogP contribution < -0.4 is 5.32 Å².